The largest absolute Gasteiger partial charge is 0.357 e. The first kappa shape index (κ1) is 20.1. The van der Waals surface area contributed by atoms with Gasteiger partial charge in [0.05, 0.1) is 6.54 Å². The molecule has 1 fully saturated rings. The summed E-state index contributed by atoms with van der Waals surface area (Å²) in [5.74, 6) is 1.62. The van der Waals surface area contributed by atoms with Gasteiger partial charge in [0.1, 0.15) is 0 Å². The summed E-state index contributed by atoms with van der Waals surface area (Å²) in [5.41, 5.74) is 0. The fraction of sp³-hybridized carbons (Fsp3) is 0.941. The maximum absolute atomic E-state index is 12.4. The smallest absolute Gasteiger partial charge is 0.251 e. The second-order valence-electron chi connectivity index (χ2n) is 6.76. The van der Waals surface area contributed by atoms with E-state index in [9.17, 15) is 8.78 Å². The lowest BCUT2D eigenvalue weighted by Gasteiger charge is -2.32. The van der Waals surface area contributed by atoms with E-state index in [4.69, 9.17) is 0 Å². The molecule has 1 rings (SSSR count). The van der Waals surface area contributed by atoms with Crippen molar-refractivity contribution in [3.8, 4) is 0 Å². The molecule has 136 valence electrons. The number of nitrogens with zero attached hydrogens (tertiary/aromatic N) is 2. The topological polar surface area (TPSA) is 39.7 Å². The molecule has 0 aromatic rings. The van der Waals surface area contributed by atoms with Crippen molar-refractivity contribution in [2.75, 3.05) is 32.7 Å². The third-order valence-electron chi connectivity index (χ3n) is 4.13. The Morgan fingerprint density at radius 2 is 1.91 bits per heavy atom. The van der Waals surface area contributed by atoms with Crippen LogP contribution < -0.4 is 10.6 Å². The number of halogens is 2. The molecule has 0 bridgehead atoms. The Bertz CT molecular complexity index is 327. The Morgan fingerprint density at radius 3 is 2.48 bits per heavy atom. The van der Waals surface area contributed by atoms with Gasteiger partial charge in [0, 0.05) is 32.2 Å². The number of piperidine rings is 1. The summed E-state index contributed by atoms with van der Waals surface area (Å²) in [5, 5.41) is 6.73. The first-order valence-electron chi connectivity index (χ1n) is 9.06. The highest BCUT2D eigenvalue weighted by Gasteiger charge is 2.21. The highest BCUT2D eigenvalue weighted by Crippen LogP contribution is 2.12. The fourth-order valence-corrected chi connectivity index (χ4v) is 2.82. The molecule has 0 amide bonds. The van der Waals surface area contributed by atoms with Crippen LogP contribution in [0.3, 0.4) is 0 Å². The van der Waals surface area contributed by atoms with Gasteiger partial charge in [0.2, 0.25) is 0 Å². The molecule has 4 nitrogen and oxygen atoms in total. The molecular formula is C17H34F2N4. The van der Waals surface area contributed by atoms with Crippen LogP contribution in [0.4, 0.5) is 8.78 Å². The zero-order valence-electron chi connectivity index (χ0n) is 15.0. The Hall–Kier alpha value is -0.910. The monoisotopic (exact) mass is 332 g/mol. The van der Waals surface area contributed by atoms with Gasteiger partial charge >= 0.3 is 0 Å². The first-order chi connectivity index (χ1) is 11.0. The number of hydrogen-bond donors (Lipinski definition) is 2. The maximum atomic E-state index is 12.4. The van der Waals surface area contributed by atoms with Gasteiger partial charge in [-0.3, -0.25) is 9.89 Å². The SMILES string of the molecule is CCNC(=NCCCCC(C)C)NC1CCN(CC(F)F)CC1. The summed E-state index contributed by atoms with van der Waals surface area (Å²) in [6, 6.07) is 0.331. The first-order valence-corrected chi connectivity index (χ1v) is 9.06. The minimum atomic E-state index is -2.23. The number of hydrogen-bond acceptors (Lipinski definition) is 2. The van der Waals surface area contributed by atoms with Gasteiger partial charge in [-0.05, 0) is 32.1 Å². The van der Waals surface area contributed by atoms with Gasteiger partial charge in [-0.1, -0.05) is 26.7 Å². The molecule has 1 aliphatic heterocycles. The van der Waals surface area contributed by atoms with Crippen LogP contribution in [-0.2, 0) is 0 Å². The third kappa shape index (κ3) is 9.74. The van der Waals surface area contributed by atoms with Crippen molar-refractivity contribution in [1.29, 1.82) is 0 Å². The number of alkyl halides is 2. The number of likely N-dealkylation sites (tertiary alicyclic amines) is 1. The third-order valence-corrected chi connectivity index (χ3v) is 4.13. The number of guanidine groups is 1. The van der Waals surface area contributed by atoms with E-state index in [0.29, 0.717) is 6.04 Å². The molecule has 6 heteroatoms. The number of nitrogens with one attached hydrogen (secondary N) is 2. The van der Waals surface area contributed by atoms with Crippen LogP contribution in [0.2, 0.25) is 0 Å². The second-order valence-corrected chi connectivity index (χ2v) is 6.76. The highest BCUT2D eigenvalue weighted by molar-refractivity contribution is 5.80. The van der Waals surface area contributed by atoms with Crippen LogP contribution in [0.15, 0.2) is 4.99 Å². The minimum absolute atomic E-state index is 0.100. The predicted molar refractivity (Wildman–Crippen MR) is 93.3 cm³/mol. The Labute approximate surface area is 140 Å². The van der Waals surface area contributed by atoms with E-state index in [-0.39, 0.29) is 6.54 Å². The summed E-state index contributed by atoms with van der Waals surface area (Å²) >= 11 is 0. The van der Waals surface area contributed by atoms with Crippen molar-refractivity contribution in [2.24, 2.45) is 10.9 Å². The summed E-state index contributed by atoms with van der Waals surface area (Å²) < 4.78 is 24.8. The van der Waals surface area contributed by atoms with Gasteiger partial charge in [-0.2, -0.15) is 0 Å². The summed E-state index contributed by atoms with van der Waals surface area (Å²) in [7, 11) is 0. The molecule has 0 saturated carbocycles. The number of rotatable bonds is 9. The van der Waals surface area contributed by atoms with Crippen molar-refractivity contribution in [3.63, 3.8) is 0 Å². The molecule has 0 radical (unpaired) electrons. The molecule has 1 heterocycles. The number of aliphatic imine (C=N–C) groups is 1. The molecular weight excluding hydrogens is 298 g/mol. The van der Waals surface area contributed by atoms with Gasteiger partial charge < -0.3 is 10.6 Å². The highest BCUT2D eigenvalue weighted by atomic mass is 19.3. The van der Waals surface area contributed by atoms with Crippen LogP contribution in [-0.4, -0.2) is 56.1 Å². The quantitative estimate of drug-likeness (QED) is 0.387. The molecule has 0 aromatic carbocycles. The van der Waals surface area contributed by atoms with Gasteiger partial charge in [-0.15, -0.1) is 0 Å². The lowest BCUT2D eigenvalue weighted by Crippen LogP contribution is -2.49. The lowest BCUT2D eigenvalue weighted by molar-refractivity contribution is 0.0744. The van der Waals surface area contributed by atoms with E-state index in [0.717, 1.165) is 57.3 Å². The summed E-state index contributed by atoms with van der Waals surface area (Å²) in [6.45, 7) is 9.59. The molecule has 0 unspecified atom stereocenters. The molecule has 0 atom stereocenters. The molecule has 0 aromatic heterocycles. The van der Waals surface area contributed by atoms with Gasteiger partial charge in [0.25, 0.3) is 6.43 Å². The Balaban J connectivity index is 2.29. The van der Waals surface area contributed by atoms with E-state index in [1.165, 1.54) is 12.8 Å². The zero-order valence-corrected chi connectivity index (χ0v) is 15.0. The number of unbranched alkanes of at least 4 members (excludes halogenated alkanes) is 1. The van der Waals surface area contributed by atoms with E-state index in [2.05, 4.69) is 36.4 Å². The van der Waals surface area contributed by atoms with E-state index in [1.807, 2.05) is 4.90 Å². The average Bonchev–Trinajstić information content (AvgIpc) is 2.48. The average molecular weight is 332 g/mol. The van der Waals surface area contributed by atoms with Crippen molar-refractivity contribution in [3.05, 3.63) is 0 Å². The van der Waals surface area contributed by atoms with Crippen LogP contribution >= 0.6 is 0 Å². The standard InChI is InChI=1S/C17H34F2N4/c1-4-20-17(21-10-6-5-7-14(2)3)22-15-8-11-23(12-9-15)13-16(18)19/h14-16H,4-13H2,1-3H3,(H2,20,21,22). The van der Waals surface area contributed by atoms with Crippen LogP contribution in [0.1, 0.15) is 52.9 Å². The normalized spacial score (nSPS) is 18.0. The Kier molecular flexibility index (Phi) is 10.2. The second kappa shape index (κ2) is 11.6. The van der Waals surface area contributed by atoms with Gasteiger partial charge in [0.15, 0.2) is 5.96 Å². The maximum Gasteiger partial charge on any atom is 0.251 e. The fourth-order valence-electron chi connectivity index (χ4n) is 2.82. The lowest BCUT2D eigenvalue weighted by atomic mass is 10.1. The predicted octanol–water partition coefficient (Wildman–Crippen LogP) is 3.10. The van der Waals surface area contributed by atoms with Crippen molar-refractivity contribution in [2.45, 2.75) is 65.3 Å². The molecule has 0 aliphatic carbocycles. The van der Waals surface area contributed by atoms with Crippen LogP contribution in [0, 0.1) is 5.92 Å². The summed E-state index contributed by atoms with van der Waals surface area (Å²) in [6.07, 6.45) is 3.13. The zero-order chi connectivity index (χ0) is 17.1. The Morgan fingerprint density at radius 1 is 1.22 bits per heavy atom. The van der Waals surface area contributed by atoms with Crippen LogP contribution in [0.25, 0.3) is 0 Å². The van der Waals surface area contributed by atoms with Crippen molar-refractivity contribution < 1.29 is 8.78 Å². The molecule has 1 aliphatic rings. The van der Waals surface area contributed by atoms with E-state index < -0.39 is 6.43 Å². The van der Waals surface area contributed by atoms with Gasteiger partial charge in [-0.25, -0.2) is 8.78 Å². The molecule has 23 heavy (non-hydrogen) atoms. The van der Waals surface area contributed by atoms with E-state index in [1.54, 1.807) is 0 Å². The molecule has 1 saturated heterocycles. The summed E-state index contributed by atoms with van der Waals surface area (Å²) in [4.78, 5) is 6.48. The minimum Gasteiger partial charge on any atom is -0.357 e. The van der Waals surface area contributed by atoms with Crippen molar-refractivity contribution in [1.82, 2.24) is 15.5 Å². The molecule has 0 spiro atoms. The van der Waals surface area contributed by atoms with E-state index >= 15 is 0 Å². The van der Waals surface area contributed by atoms with Crippen LogP contribution in [0.5, 0.6) is 0 Å². The van der Waals surface area contributed by atoms with Crippen molar-refractivity contribution >= 4 is 5.96 Å². The molecule has 2 N–H and O–H groups in total.